The first-order chi connectivity index (χ1) is 15.5. The molecule has 160 valence electrons. The van der Waals surface area contributed by atoms with Gasteiger partial charge in [0.1, 0.15) is 18.0 Å². The van der Waals surface area contributed by atoms with E-state index in [1.807, 2.05) is 18.2 Å². The van der Waals surface area contributed by atoms with Crippen LogP contribution in [0.4, 0.5) is 5.82 Å². The van der Waals surface area contributed by atoms with Crippen molar-refractivity contribution in [1.82, 2.24) is 30.2 Å². The summed E-state index contributed by atoms with van der Waals surface area (Å²) < 4.78 is 0. The third-order valence-corrected chi connectivity index (χ3v) is 5.13. The van der Waals surface area contributed by atoms with Crippen molar-refractivity contribution in [2.45, 2.75) is 13.3 Å². The molecular formula is C22H22BN7O2. The second-order valence-electron chi connectivity index (χ2n) is 7.27. The normalized spacial score (nSPS) is 10.8. The molecule has 0 atom stereocenters. The Hall–Kier alpha value is -4.08. The maximum Gasteiger partial charge on any atom is 0.251 e. The molecule has 9 nitrogen and oxygen atoms in total. The molecule has 0 unspecified atom stereocenters. The number of fused-ring (bicyclic) bond motifs is 1. The Morgan fingerprint density at radius 2 is 2.00 bits per heavy atom. The lowest BCUT2D eigenvalue weighted by Crippen LogP contribution is -2.18. The summed E-state index contributed by atoms with van der Waals surface area (Å²) in [5.41, 5.74) is 4.10. The summed E-state index contributed by atoms with van der Waals surface area (Å²) in [6.07, 6.45) is 3.77. The molecule has 32 heavy (non-hydrogen) atoms. The van der Waals surface area contributed by atoms with Crippen molar-refractivity contribution in [3.63, 3.8) is 0 Å². The molecular weight excluding hydrogens is 405 g/mol. The molecule has 0 fully saturated rings. The Morgan fingerprint density at radius 3 is 2.78 bits per heavy atom. The number of nitrogens with one attached hydrogen (secondary N) is 2. The minimum atomic E-state index is -0.139. The predicted molar refractivity (Wildman–Crippen MR) is 125 cm³/mol. The summed E-state index contributed by atoms with van der Waals surface area (Å²) in [6, 6.07) is 9.31. The summed E-state index contributed by atoms with van der Waals surface area (Å²) in [7, 11) is 3.42. The van der Waals surface area contributed by atoms with Gasteiger partial charge in [0.05, 0.1) is 22.3 Å². The van der Waals surface area contributed by atoms with Crippen LogP contribution in [0.25, 0.3) is 22.2 Å². The highest BCUT2D eigenvalue weighted by Crippen LogP contribution is 2.24. The number of hydrogen-bond acceptors (Lipinski definition) is 8. The van der Waals surface area contributed by atoms with E-state index in [0.29, 0.717) is 47.0 Å². The molecule has 10 heteroatoms. The van der Waals surface area contributed by atoms with Crippen molar-refractivity contribution in [3.05, 3.63) is 59.8 Å². The second-order valence-corrected chi connectivity index (χ2v) is 7.27. The van der Waals surface area contributed by atoms with Crippen LogP contribution in [0.1, 0.15) is 21.7 Å². The Balaban J connectivity index is 1.53. The zero-order valence-corrected chi connectivity index (χ0v) is 18.0. The standard InChI is InChI=1S/C22H22BN7O2/c1-12-29-20(23)18(22(32)30-12)16-10-17(28-11-27-16)25-8-6-13-4-3-5-14-15(21(31)24-2)7-9-26-19(13)14/h3-5,7,9-11H,6,8,23H2,1-2H3,(H,24,31)(H,25,27,28)(H,29,30,32). The topological polar surface area (TPSA) is 126 Å². The average Bonchev–Trinajstić information content (AvgIpc) is 2.78. The molecule has 0 saturated heterocycles. The van der Waals surface area contributed by atoms with Crippen molar-refractivity contribution in [3.8, 4) is 17.1 Å². The number of amides is 1. The van der Waals surface area contributed by atoms with Gasteiger partial charge in [0.15, 0.2) is 7.85 Å². The maximum atomic E-state index is 12.2. The number of hydrogen-bond donors (Lipinski definition) is 3. The van der Waals surface area contributed by atoms with Gasteiger partial charge in [0.2, 0.25) is 5.88 Å². The quantitative estimate of drug-likeness (QED) is 0.386. The molecule has 3 N–H and O–H groups in total. The molecule has 0 aliphatic rings. The van der Waals surface area contributed by atoms with Crippen molar-refractivity contribution < 1.29 is 9.90 Å². The number of nitrogens with zero attached hydrogens (tertiary/aromatic N) is 5. The zero-order chi connectivity index (χ0) is 22.7. The highest BCUT2D eigenvalue weighted by atomic mass is 16.3. The molecule has 0 spiro atoms. The number of aromatic hydroxyl groups is 1. The largest absolute Gasteiger partial charge is 0.493 e. The Bertz CT molecular complexity index is 1290. The molecule has 3 aromatic heterocycles. The van der Waals surface area contributed by atoms with E-state index in [1.54, 1.807) is 40.1 Å². The Morgan fingerprint density at radius 1 is 1.16 bits per heavy atom. The van der Waals surface area contributed by atoms with Gasteiger partial charge in [-0.1, -0.05) is 18.2 Å². The summed E-state index contributed by atoms with van der Waals surface area (Å²) in [5.74, 6) is 0.876. The Labute approximate surface area is 185 Å². The number of aromatic nitrogens is 5. The molecule has 0 saturated carbocycles. The summed E-state index contributed by atoms with van der Waals surface area (Å²) in [4.78, 5) is 33.5. The van der Waals surface area contributed by atoms with Gasteiger partial charge in [0.25, 0.3) is 5.91 Å². The van der Waals surface area contributed by atoms with Gasteiger partial charge in [0, 0.05) is 36.8 Å². The van der Waals surface area contributed by atoms with Crippen LogP contribution in [-0.4, -0.2) is 57.4 Å². The summed E-state index contributed by atoms with van der Waals surface area (Å²) in [5, 5.41) is 17.0. The lowest BCUT2D eigenvalue weighted by molar-refractivity contribution is 0.0964. The molecule has 0 aliphatic heterocycles. The average molecular weight is 427 g/mol. The van der Waals surface area contributed by atoms with E-state index < -0.39 is 0 Å². The van der Waals surface area contributed by atoms with E-state index in [-0.39, 0.29) is 11.8 Å². The van der Waals surface area contributed by atoms with Crippen LogP contribution in [0.2, 0.25) is 0 Å². The molecule has 4 rings (SSSR count). The van der Waals surface area contributed by atoms with E-state index in [2.05, 4.69) is 35.6 Å². The fraction of sp³-hybridized carbons (Fsp3) is 0.182. The van der Waals surface area contributed by atoms with Crippen molar-refractivity contribution in [1.29, 1.82) is 0 Å². The van der Waals surface area contributed by atoms with Gasteiger partial charge < -0.3 is 15.7 Å². The summed E-state index contributed by atoms with van der Waals surface area (Å²) in [6.45, 7) is 2.32. The van der Waals surface area contributed by atoms with Gasteiger partial charge in [-0.15, -0.1) is 0 Å². The number of benzene rings is 1. The molecule has 4 aromatic rings. The Kier molecular flexibility index (Phi) is 5.93. The zero-order valence-electron chi connectivity index (χ0n) is 18.0. The predicted octanol–water partition coefficient (Wildman–Crippen LogP) is 0.768. The molecule has 0 aliphatic carbocycles. The lowest BCUT2D eigenvalue weighted by Gasteiger charge is -2.11. The molecule has 0 radical (unpaired) electrons. The number of rotatable bonds is 6. The van der Waals surface area contributed by atoms with Crippen molar-refractivity contribution in [2.75, 3.05) is 18.9 Å². The third kappa shape index (κ3) is 4.20. The van der Waals surface area contributed by atoms with Gasteiger partial charge in [-0.3, -0.25) is 9.78 Å². The van der Waals surface area contributed by atoms with Crippen LogP contribution in [0.3, 0.4) is 0 Å². The highest BCUT2D eigenvalue weighted by Gasteiger charge is 2.14. The third-order valence-electron chi connectivity index (χ3n) is 5.13. The van der Waals surface area contributed by atoms with Crippen LogP contribution in [0.5, 0.6) is 5.88 Å². The lowest BCUT2D eigenvalue weighted by atomic mass is 9.96. The van der Waals surface area contributed by atoms with Gasteiger partial charge in [-0.25, -0.2) is 15.0 Å². The summed E-state index contributed by atoms with van der Waals surface area (Å²) >= 11 is 0. The number of anilines is 1. The number of carbonyl (C=O) groups is 1. The van der Waals surface area contributed by atoms with Crippen LogP contribution in [0, 0.1) is 6.92 Å². The fourth-order valence-corrected chi connectivity index (χ4v) is 3.68. The monoisotopic (exact) mass is 427 g/mol. The van der Waals surface area contributed by atoms with E-state index in [4.69, 9.17) is 0 Å². The maximum absolute atomic E-state index is 12.2. The van der Waals surface area contributed by atoms with Crippen molar-refractivity contribution >= 4 is 36.1 Å². The van der Waals surface area contributed by atoms with Gasteiger partial charge >= 0.3 is 0 Å². The van der Waals surface area contributed by atoms with Crippen molar-refractivity contribution in [2.24, 2.45) is 0 Å². The number of aryl methyl sites for hydroxylation is 1. The number of pyridine rings is 1. The van der Waals surface area contributed by atoms with E-state index in [1.165, 1.54) is 6.33 Å². The van der Waals surface area contributed by atoms with Crippen LogP contribution < -0.4 is 16.2 Å². The number of carbonyl (C=O) groups excluding carboxylic acids is 1. The fourth-order valence-electron chi connectivity index (χ4n) is 3.68. The first kappa shape index (κ1) is 21.2. The smallest absolute Gasteiger partial charge is 0.251 e. The van der Waals surface area contributed by atoms with Gasteiger partial charge in [-0.2, -0.15) is 4.98 Å². The van der Waals surface area contributed by atoms with E-state index in [0.717, 1.165) is 16.5 Å². The van der Waals surface area contributed by atoms with Crippen LogP contribution >= 0.6 is 0 Å². The molecule has 1 aromatic carbocycles. The molecule has 3 heterocycles. The first-order valence-corrected chi connectivity index (χ1v) is 10.2. The van der Waals surface area contributed by atoms with Crippen LogP contribution in [0.15, 0.2) is 42.9 Å². The second kappa shape index (κ2) is 8.97. The molecule has 1 amide bonds. The first-order valence-electron chi connectivity index (χ1n) is 10.2. The minimum Gasteiger partial charge on any atom is -0.493 e. The van der Waals surface area contributed by atoms with Gasteiger partial charge in [-0.05, 0) is 25.0 Å². The molecule has 0 bridgehead atoms. The minimum absolute atomic E-state index is 0.103. The highest BCUT2D eigenvalue weighted by molar-refractivity contribution is 6.34. The SMILES string of the molecule is Bc1nc(C)nc(O)c1-c1cc(NCCc2cccc3c(C(=O)NC)ccnc23)ncn1. The van der Waals surface area contributed by atoms with E-state index >= 15 is 0 Å². The number of para-hydroxylation sites is 1. The van der Waals surface area contributed by atoms with Crippen LogP contribution in [-0.2, 0) is 6.42 Å². The van der Waals surface area contributed by atoms with E-state index in [9.17, 15) is 9.90 Å².